The van der Waals surface area contributed by atoms with E-state index in [-0.39, 0.29) is 12.2 Å². The molecule has 0 saturated carbocycles. The molecule has 1 aromatic heterocycles. The fourth-order valence-corrected chi connectivity index (χ4v) is 2.92. The molecule has 0 aliphatic heterocycles. The smallest absolute Gasteiger partial charge is 0.268 e. The Bertz CT molecular complexity index is 529. The van der Waals surface area contributed by atoms with Gasteiger partial charge >= 0.3 is 0 Å². The van der Waals surface area contributed by atoms with Crippen LogP contribution in [0, 0.1) is 0 Å². The molecule has 0 spiro atoms. The van der Waals surface area contributed by atoms with E-state index in [0.717, 1.165) is 42.3 Å². The highest BCUT2D eigenvalue weighted by Crippen LogP contribution is 2.16. The standard InChI is InChI=1S/C13H17NO2S/c15-10-6-2-1-5-9-14-13(16)11-7-3-4-8-12(11)17-14/h3-4,7-8,15H,1-2,5-6,9-10H2. The van der Waals surface area contributed by atoms with Crippen LogP contribution in [0.2, 0.25) is 0 Å². The number of rotatable bonds is 6. The van der Waals surface area contributed by atoms with Gasteiger partial charge in [0.15, 0.2) is 0 Å². The molecule has 1 heterocycles. The molecular formula is C13H17NO2S. The molecule has 3 nitrogen and oxygen atoms in total. The van der Waals surface area contributed by atoms with Crippen LogP contribution in [0.1, 0.15) is 25.7 Å². The van der Waals surface area contributed by atoms with Gasteiger partial charge in [-0.25, -0.2) is 0 Å². The highest BCUT2D eigenvalue weighted by Gasteiger charge is 2.05. The summed E-state index contributed by atoms with van der Waals surface area (Å²) in [7, 11) is 0. The van der Waals surface area contributed by atoms with Crippen LogP contribution in [-0.4, -0.2) is 15.7 Å². The van der Waals surface area contributed by atoms with E-state index < -0.39 is 0 Å². The summed E-state index contributed by atoms with van der Waals surface area (Å²) in [6, 6.07) is 7.74. The fraction of sp³-hybridized carbons (Fsp3) is 0.462. The molecule has 4 heteroatoms. The van der Waals surface area contributed by atoms with Gasteiger partial charge in [0.2, 0.25) is 0 Å². The van der Waals surface area contributed by atoms with E-state index >= 15 is 0 Å². The maximum Gasteiger partial charge on any atom is 0.268 e. The van der Waals surface area contributed by atoms with Crippen LogP contribution in [0.4, 0.5) is 0 Å². The molecule has 1 aromatic carbocycles. The zero-order valence-corrected chi connectivity index (χ0v) is 10.6. The zero-order valence-electron chi connectivity index (χ0n) is 9.76. The number of hydrogen-bond donors (Lipinski definition) is 1. The van der Waals surface area contributed by atoms with Crippen molar-refractivity contribution in [3.05, 3.63) is 34.6 Å². The van der Waals surface area contributed by atoms with Crippen molar-refractivity contribution < 1.29 is 5.11 Å². The van der Waals surface area contributed by atoms with E-state index in [1.165, 1.54) is 0 Å². The number of aliphatic hydroxyl groups excluding tert-OH is 1. The lowest BCUT2D eigenvalue weighted by atomic mass is 10.2. The lowest BCUT2D eigenvalue weighted by Crippen LogP contribution is -2.12. The van der Waals surface area contributed by atoms with E-state index in [2.05, 4.69) is 0 Å². The molecule has 0 radical (unpaired) electrons. The Hall–Kier alpha value is -1.13. The minimum absolute atomic E-state index is 0.132. The number of fused-ring (bicyclic) bond motifs is 1. The Labute approximate surface area is 104 Å². The first kappa shape index (κ1) is 12.3. The predicted molar refractivity (Wildman–Crippen MR) is 71.6 cm³/mol. The Balaban J connectivity index is 1.99. The monoisotopic (exact) mass is 251 g/mol. The number of benzene rings is 1. The average Bonchev–Trinajstić information content (AvgIpc) is 2.67. The van der Waals surface area contributed by atoms with E-state index in [9.17, 15) is 4.79 Å². The van der Waals surface area contributed by atoms with Crippen LogP contribution in [0.5, 0.6) is 0 Å². The van der Waals surface area contributed by atoms with Crippen molar-refractivity contribution in [2.75, 3.05) is 6.61 Å². The zero-order chi connectivity index (χ0) is 12.1. The topological polar surface area (TPSA) is 42.2 Å². The molecule has 0 amide bonds. The van der Waals surface area contributed by atoms with Crippen LogP contribution in [0.25, 0.3) is 10.1 Å². The van der Waals surface area contributed by atoms with Gasteiger partial charge in [0.25, 0.3) is 5.56 Å². The normalized spacial score (nSPS) is 11.1. The van der Waals surface area contributed by atoms with Gasteiger partial charge in [-0.15, -0.1) is 0 Å². The van der Waals surface area contributed by atoms with Crippen LogP contribution in [-0.2, 0) is 6.54 Å². The van der Waals surface area contributed by atoms with Gasteiger partial charge in [0.1, 0.15) is 0 Å². The second kappa shape index (κ2) is 5.98. The molecule has 2 rings (SSSR count). The van der Waals surface area contributed by atoms with Crippen molar-refractivity contribution in [1.29, 1.82) is 0 Å². The number of unbranched alkanes of at least 4 members (excludes halogenated alkanes) is 3. The Morgan fingerprint density at radius 3 is 2.65 bits per heavy atom. The minimum Gasteiger partial charge on any atom is -0.396 e. The van der Waals surface area contributed by atoms with Gasteiger partial charge in [-0.05, 0) is 25.0 Å². The third-order valence-electron chi connectivity index (χ3n) is 2.82. The minimum atomic E-state index is 0.132. The molecule has 0 aliphatic carbocycles. The molecule has 0 saturated heterocycles. The third-order valence-corrected chi connectivity index (χ3v) is 3.94. The Morgan fingerprint density at radius 2 is 1.88 bits per heavy atom. The van der Waals surface area contributed by atoms with Crippen molar-refractivity contribution in [3.8, 4) is 0 Å². The highest BCUT2D eigenvalue weighted by molar-refractivity contribution is 7.13. The predicted octanol–water partition coefficient (Wildman–Crippen LogP) is 2.62. The first-order valence-corrected chi connectivity index (χ1v) is 6.80. The van der Waals surface area contributed by atoms with Crippen molar-refractivity contribution in [2.24, 2.45) is 0 Å². The lowest BCUT2D eigenvalue weighted by Gasteiger charge is -1.99. The summed E-state index contributed by atoms with van der Waals surface area (Å²) in [4.78, 5) is 12.0. The Morgan fingerprint density at radius 1 is 1.12 bits per heavy atom. The first-order valence-electron chi connectivity index (χ1n) is 6.02. The number of aryl methyl sites for hydroxylation is 1. The largest absolute Gasteiger partial charge is 0.396 e. The van der Waals surface area contributed by atoms with Gasteiger partial charge in [0.05, 0.1) is 10.1 Å². The summed E-state index contributed by atoms with van der Waals surface area (Å²) in [6.07, 6.45) is 3.98. The maximum absolute atomic E-state index is 12.0. The second-order valence-corrected chi connectivity index (χ2v) is 5.20. The van der Waals surface area contributed by atoms with E-state index in [1.807, 2.05) is 28.2 Å². The summed E-state index contributed by atoms with van der Waals surface area (Å²) < 4.78 is 2.90. The summed E-state index contributed by atoms with van der Waals surface area (Å²) in [6.45, 7) is 1.06. The van der Waals surface area contributed by atoms with Crippen molar-refractivity contribution in [2.45, 2.75) is 32.2 Å². The van der Waals surface area contributed by atoms with Gasteiger partial charge in [0, 0.05) is 13.2 Å². The van der Waals surface area contributed by atoms with Crippen LogP contribution in [0.15, 0.2) is 29.1 Å². The van der Waals surface area contributed by atoms with Gasteiger partial charge in [-0.1, -0.05) is 36.5 Å². The molecule has 0 fully saturated rings. The highest BCUT2D eigenvalue weighted by atomic mass is 32.1. The molecule has 0 aliphatic rings. The van der Waals surface area contributed by atoms with Gasteiger partial charge in [-0.2, -0.15) is 0 Å². The summed E-state index contributed by atoms with van der Waals surface area (Å²) in [5, 5.41) is 9.50. The third kappa shape index (κ3) is 2.96. The molecule has 17 heavy (non-hydrogen) atoms. The van der Waals surface area contributed by atoms with Crippen LogP contribution < -0.4 is 5.56 Å². The number of aliphatic hydroxyl groups is 1. The van der Waals surface area contributed by atoms with E-state index in [1.54, 1.807) is 11.5 Å². The van der Waals surface area contributed by atoms with Crippen LogP contribution in [0.3, 0.4) is 0 Å². The molecule has 2 aromatic rings. The lowest BCUT2D eigenvalue weighted by molar-refractivity contribution is 0.282. The maximum atomic E-state index is 12.0. The van der Waals surface area contributed by atoms with Crippen molar-refractivity contribution >= 4 is 21.6 Å². The average molecular weight is 251 g/mol. The van der Waals surface area contributed by atoms with E-state index in [4.69, 9.17) is 5.11 Å². The molecule has 0 atom stereocenters. The fourth-order valence-electron chi connectivity index (χ4n) is 1.89. The molecular weight excluding hydrogens is 234 g/mol. The number of nitrogens with zero attached hydrogens (tertiary/aromatic N) is 1. The SMILES string of the molecule is O=c1c2ccccc2sn1CCCCCCO. The Kier molecular flexibility index (Phi) is 4.34. The van der Waals surface area contributed by atoms with Gasteiger partial charge in [-0.3, -0.25) is 8.75 Å². The first-order chi connectivity index (χ1) is 8.33. The molecule has 1 N–H and O–H groups in total. The van der Waals surface area contributed by atoms with Crippen molar-refractivity contribution in [3.63, 3.8) is 0 Å². The summed E-state index contributed by atoms with van der Waals surface area (Å²) >= 11 is 1.54. The number of hydrogen-bond acceptors (Lipinski definition) is 3. The quantitative estimate of drug-likeness (QED) is 0.802. The summed E-state index contributed by atoms with van der Waals surface area (Å²) in [5.74, 6) is 0. The van der Waals surface area contributed by atoms with Crippen molar-refractivity contribution in [1.82, 2.24) is 3.96 Å². The second-order valence-electron chi connectivity index (χ2n) is 4.13. The molecule has 0 unspecified atom stereocenters. The van der Waals surface area contributed by atoms with Gasteiger partial charge < -0.3 is 5.11 Å². The number of aromatic nitrogens is 1. The van der Waals surface area contributed by atoms with E-state index in [0.29, 0.717) is 0 Å². The summed E-state index contributed by atoms with van der Waals surface area (Å²) in [5.41, 5.74) is 0.132. The molecule has 92 valence electrons. The van der Waals surface area contributed by atoms with Crippen LogP contribution >= 0.6 is 11.5 Å². The molecule has 0 bridgehead atoms.